The molecule has 1 aliphatic rings. The molecule has 1 aromatic heterocycles. The zero-order valence-corrected chi connectivity index (χ0v) is 23.1. The Morgan fingerprint density at radius 1 is 1.12 bits per heavy atom. The van der Waals surface area contributed by atoms with Gasteiger partial charge in [0.2, 0.25) is 0 Å². The van der Waals surface area contributed by atoms with Crippen LogP contribution in [-0.2, 0) is 14.6 Å². The normalized spacial score (nSPS) is 17.7. The second kappa shape index (κ2) is 13.5. The number of amides is 1. The molecule has 0 saturated carbocycles. The molecule has 3 aromatic rings. The van der Waals surface area contributed by atoms with E-state index in [1.54, 1.807) is 67.8 Å². The monoisotopic (exact) mass is 584 g/mol. The Labute approximate surface area is 237 Å². The molecule has 216 valence electrons. The van der Waals surface area contributed by atoms with Gasteiger partial charge in [-0.2, -0.15) is 14.0 Å². The summed E-state index contributed by atoms with van der Waals surface area (Å²) >= 11 is 0. The van der Waals surface area contributed by atoms with E-state index in [0.717, 1.165) is 0 Å². The van der Waals surface area contributed by atoms with Gasteiger partial charge in [0.15, 0.2) is 9.84 Å². The summed E-state index contributed by atoms with van der Waals surface area (Å²) in [7, 11) is -3.37. The minimum atomic E-state index is -3.37. The number of ether oxygens (including phenoxy) is 2. The lowest BCUT2D eigenvalue weighted by Crippen LogP contribution is -2.34. The van der Waals surface area contributed by atoms with Crippen molar-refractivity contribution >= 4 is 21.4 Å². The molecule has 1 N–H and O–H groups in total. The van der Waals surface area contributed by atoms with Gasteiger partial charge in [0, 0.05) is 30.1 Å². The Morgan fingerprint density at radius 2 is 1.80 bits per heavy atom. The van der Waals surface area contributed by atoms with Gasteiger partial charge in [-0.1, -0.05) is 19.1 Å². The van der Waals surface area contributed by atoms with Crippen molar-refractivity contribution in [2.75, 3.05) is 23.8 Å². The maximum absolute atomic E-state index is 13.0. The van der Waals surface area contributed by atoms with Crippen LogP contribution >= 0.6 is 0 Å². The van der Waals surface area contributed by atoms with E-state index in [1.165, 1.54) is 12.1 Å². The third-order valence-electron chi connectivity index (χ3n) is 6.83. The van der Waals surface area contributed by atoms with Crippen LogP contribution in [0.1, 0.15) is 41.7 Å². The van der Waals surface area contributed by atoms with Gasteiger partial charge in [-0.3, -0.25) is 9.78 Å². The third-order valence-corrected chi connectivity index (χ3v) is 8.58. The number of aromatic nitrogens is 1. The smallest absolute Gasteiger partial charge is 0.345 e. The van der Waals surface area contributed by atoms with Crippen LogP contribution in [0, 0.1) is 11.3 Å². The van der Waals surface area contributed by atoms with Crippen molar-refractivity contribution in [3.05, 3.63) is 84.2 Å². The van der Waals surface area contributed by atoms with Gasteiger partial charge >= 0.3 is 6.61 Å². The predicted molar refractivity (Wildman–Crippen MR) is 147 cm³/mol. The molecule has 41 heavy (non-hydrogen) atoms. The molecule has 12 heteroatoms. The van der Waals surface area contributed by atoms with Crippen LogP contribution in [0.5, 0.6) is 5.75 Å². The third kappa shape index (κ3) is 7.77. The lowest BCUT2D eigenvalue weighted by atomic mass is 10.0. The number of nitriles is 1. The van der Waals surface area contributed by atoms with Gasteiger partial charge in [0.05, 0.1) is 48.4 Å². The van der Waals surface area contributed by atoms with Crippen LogP contribution in [0.4, 0.5) is 14.5 Å². The van der Waals surface area contributed by atoms with Crippen molar-refractivity contribution in [3.8, 4) is 11.8 Å². The Bertz CT molecular complexity index is 1450. The van der Waals surface area contributed by atoms with Crippen LogP contribution in [0.2, 0.25) is 0 Å². The van der Waals surface area contributed by atoms with E-state index in [0.29, 0.717) is 35.5 Å². The maximum Gasteiger partial charge on any atom is 0.345 e. The van der Waals surface area contributed by atoms with Crippen LogP contribution in [0.25, 0.3) is 0 Å². The van der Waals surface area contributed by atoms with Crippen LogP contribution in [-0.4, -0.2) is 57.0 Å². The van der Waals surface area contributed by atoms with Gasteiger partial charge < -0.3 is 19.7 Å². The molecule has 1 aliphatic heterocycles. The summed E-state index contributed by atoms with van der Waals surface area (Å²) in [5.74, 6) is 0.178. The van der Waals surface area contributed by atoms with E-state index in [-0.39, 0.29) is 35.8 Å². The van der Waals surface area contributed by atoms with E-state index >= 15 is 0 Å². The standard InChI is InChI=1S/C29H30F2N4O5S/c1-2-41(37,38)26-9-5-20(6-10-26)27(11-14-32)34-28(36)21-3-7-22(8-4-21)35-18-25(17-23(35)19-39-29(30)31)40-24-12-15-33-16-13-24/h3-10,12-13,15-16,23,25,27,29H,2,11,17-19H2,1H3,(H,34,36)/t23-,25-,27-/m0/s1. The van der Waals surface area contributed by atoms with Gasteiger partial charge in [0.1, 0.15) is 11.9 Å². The average Bonchev–Trinajstić information content (AvgIpc) is 3.38. The zero-order valence-electron chi connectivity index (χ0n) is 22.3. The number of carbonyl (C=O) groups excluding carboxylic acids is 1. The van der Waals surface area contributed by atoms with Crippen molar-refractivity contribution in [2.45, 2.75) is 49.5 Å². The lowest BCUT2D eigenvalue weighted by Gasteiger charge is -2.26. The number of carbonyl (C=O) groups is 1. The molecule has 1 saturated heterocycles. The largest absolute Gasteiger partial charge is 0.488 e. The Kier molecular flexibility index (Phi) is 9.86. The Balaban J connectivity index is 1.46. The van der Waals surface area contributed by atoms with Crippen molar-refractivity contribution in [2.24, 2.45) is 0 Å². The number of sulfone groups is 1. The molecule has 9 nitrogen and oxygen atoms in total. The number of halogens is 2. The number of benzene rings is 2. The van der Waals surface area contributed by atoms with Crippen molar-refractivity contribution < 1.29 is 31.5 Å². The van der Waals surface area contributed by atoms with Crippen molar-refractivity contribution in [1.29, 1.82) is 5.26 Å². The highest BCUT2D eigenvalue weighted by Crippen LogP contribution is 2.29. The van der Waals surface area contributed by atoms with E-state index in [2.05, 4.69) is 21.1 Å². The molecule has 0 unspecified atom stereocenters. The van der Waals surface area contributed by atoms with Gasteiger partial charge in [-0.15, -0.1) is 0 Å². The number of rotatable bonds is 12. The van der Waals surface area contributed by atoms with Gasteiger partial charge in [0.25, 0.3) is 5.91 Å². The SMILES string of the molecule is CCS(=O)(=O)c1ccc([C@H](CC#N)NC(=O)c2ccc(N3C[C@@H](Oc4ccncc4)C[C@H]3COC(F)F)cc2)cc1. The summed E-state index contributed by atoms with van der Waals surface area (Å²) in [5.41, 5.74) is 1.66. The molecule has 1 amide bonds. The maximum atomic E-state index is 13.0. The highest BCUT2D eigenvalue weighted by atomic mass is 32.2. The molecule has 0 bridgehead atoms. The van der Waals surface area contributed by atoms with Crippen LogP contribution < -0.4 is 15.0 Å². The van der Waals surface area contributed by atoms with Crippen LogP contribution in [0.3, 0.4) is 0 Å². The highest BCUT2D eigenvalue weighted by Gasteiger charge is 2.34. The number of anilines is 1. The highest BCUT2D eigenvalue weighted by molar-refractivity contribution is 7.91. The first-order valence-corrected chi connectivity index (χ1v) is 14.7. The number of nitrogens with zero attached hydrogens (tertiary/aromatic N) is 3. The molecule has 0 aliphatic carbocycles. The molecular weight excluding hydrogens is 554 g/mol. The number of hydrogen-bond donors (Lipinski definition) is 1. The first-order valence-electron chi connectivity index (χ1n) is 13.0. The molecule has 2 aromatic carbocycles. The molecule has 1 fully saturated rings. The molecular formula is C29H30F2N4O5S. The summed E-state index contributed by atoms with van der Waals surface area (Å²) in [6.07, 6.45) is 3.40. The topological polar surface area (TPSA) is 122 Å². The summed E-state index contributed by atoms with van der Waals surface area (Å²) in [5, 5.41) is 12.1. The fraction of sp³-hybridized carbons (Fsp3) is 0.345. The van der Waals surface area contributed by atoms with Gasteiger partial charge in [-0.25, -0.2) is 8.42 Å². The molecule has 4 rings (SSSR count). The van der Waals surface area contributed by atoms with Crippen molar-refractivity contribution in [1.82, 2.24) is 10.3 Å². The van der Waals surface area contributed by atoms with Crippen LogP contribution in [0.15, 0.2) is 78.0 Å². The molecule has 0 spiro atoms. The van der Waals surface area contributed by atoms with E-state index in [1.807, 2.05) is 4.90 Å². The minimum Gasteiger partial charge on any atom is -0.488 e. The summed E-state index contributed by atoms with van der Waals surface area (Å²) in [4.78, 5) is 19.1. The lowest BCUT2D eigenvalue weighted by molar-refractivity contribution is -0.131. The molecule has 0 radical (unpaired) electrons. The fourth-order valence-corrected chi connectivity index (χ4v) is 5.57. The zero-order chi connectivity index (χ0) is 29.4. The van der Waals surface area contributed by atoms with E-state index < -0.39 is 28.4 Å². The number of alkyl halides is 2. The minimum absolute atomic E-state index is 0.0117. The summed E-state index contributed by atoms with van der Waals surface area (Å²) < 4.78 is 60.5. The first kappa shape index (κ1) is 29.9. The molecule has 3 atom stereocenters. The van der Waals surface area contributed by atoms with E-state index in [4.69, 9.17) is 4.74 Å². The summed E-state index contributed by atoms with van der Waals surface area (Å²) in [6, 6.07) is 17.3. The second-order valence-corrected chi connectivity index (χ2v) is 11.7. The predicted octanol–water partition coefficient (Wildman–Crippen LogP) is 4.53. The Hall–Kier alpha value is -4.08. The fourth-order valence-electron chi connectivity index (χ4n) is 4.69. The van der Waals surface area contributed by atoms with Gasteiger partial charge in [-0.05, 0) is 54.1 Å². The number of hydrogen-bond acceptors (Lipinski definition) is 8. The second-order valence-electron chi connectivity index (χ2n) is 9.47. The Morgan fingerprint density at radius 3 is 2.41 bits per heavy atom. The summed E-state index contributed by atoms with van der Waals surface area (Å²) in [6.45, 7) is -1.09. The average molecular weight is 585 g/mol. The quantitative estimate of drug-likeness (QED) is 0.330. The van der Waals surface area contributed by atoms with Crippen molar-refractivity contribution in [3.63, 3.8) is 0 Å². The number of nitrogens with one attached hydrogen (secondary N) is 1. The first-order chi connectivity index (χ1) is 19.7. The molecule has 2 heterocycles. The number of pyridine rings is 1. The van der Waals surface area contributed by atoms with E-state index in [9.17, 15) is 27.3 Å².